The Labute approximate surface area is 182 Å². The fourth-order valence-corrected chi connectivity index (χ4v) is 3.73. The van der Waals surface area contributed by atoms with Gasteiger partial charge in [-0.05, 0) is 38.1 Å². The maximum absolute atomic E-state index is 12.5. The summed E-state index contributed by atoms with van der Waals surface area (Å²) in [6.07, 6.45) is 0. The van der Waals surface area contributed by atoms with Crippen molar-refractivity contribution in [2.45, 2.75) is 13.8 Å². The highest BCUT2D eigenvalue weighted by Gasteiger charge is 2.21. The van der Waals surface area contributed by atoms with Crippen LogP contribution in [-0.4, -0.2) is 67.5 Å². The molecule has 0 bridgehead atoms. The van der Waals surface area contributed by atoms with E-state index in [4.69, 9.17) is 16.3 Å². The number of para-hydroxylation sites is 1. The van der Waals surface area contributed by atoms with Crippen LogP contribution in [0.2, 0.25) is 5.02 Å². The van der Waals surface area contributed by atoms with Crippen molar-refractivity contribution in [1.29, 1.82) is 0 Å². The predicted octanol–water partition coefficient (Wildman–Crippen LogP) is 2.91. The van der Waals surface area contributed by atoms with Crippen LogP contribution < -0.4 is 10.1 Å². The van der Waals surface area contributed by atoms with Gasteiger partial charge in [0.2, 0.25) is 5.91 Å². The Bertz CT molecular complexity index is 875. The summed E-state index contributed by atoms with van der Waals surface area (Å²) in [5.74, 6) is 0.415. The van der Waals surface area contributed by atoms with Crippen LogP contribution in [0, 0.1) is 13.8 Å². The first-order chi connectivity index (χ1) is 14.4. The Morgan fingerprint density at radius 2 is 1.70 bits per heavy atom. The van der Waals surface area contributed by atoms with Gasteiger partial charge in [0.15, 0.2) is 0 Å². The van der Waals surface area contributed by atoms with Crippen molar-refractivity contribution in [2.24, 2.45) is 0 Å². The Morgan fingerprint density at radius 3 is 2.37 bits per heavy atom. The second-order valence-electron chi connectivity index (χ2n) is 7.56. The van der Waals surface area contributed by atoms with E-state index in [1.165, 1.54) is 0 Å². The molecular formula is C23H28ClN3O3. The third-order valence-corrected chi connectivity index (χ3v) is 5.42. The minimum absolute atomic E-state index is 0.0153. The summed E-state index contributed by atoms with van der Waals surface area (Å²) in [6.45, 7) is 8.09. The number of aryl methyl sites for hydroxylation is 2. The van der Waals surface area contributed by atoms with E-state index >= 15 is 0 Å². The first-order valence-electron chi connectivity index (χ1n) is 10.2. The summed E-state index contributed by atoms with van der Waals surface area (Å²) in [5, 5.41) is 3.35. The molecular weight excluding hydrogens is 402 g/mol. The van der Waals surface area contributed by atoms with Gasteiger partial charge in [-0.25, -0.2) is 0 Å². The lowest BCUT2D eigenvalue weighted by molar-refractivity contribution is -0.131. The van der Waals surface area contributed by atoms with E-state index in [1.54, 1.807) is 11.0 Å². The van der Waals surface area contributed by atoms with E-state index in [9.17, 15) is 9.59 Å². The fraction of sp³-hybridized carbons (Fsp3) is 0.391. The van der Waals surface area contributed by atoms with Crippen molar-refractivity contribution in [2.75, 3.05) is 45.9 Å². The summed E-state index contributed by atoms with van der Waals surface area (Å²) in [7, 11) is 0. The number of carbonyl (C=O) groups is 2. The van der Waals surface area contributed by atoms with Crippen LogP contribution >= 0.6 is 11.6 Å². The molecule has 30 heavy (non-hydrogen) atoms. The highest BCUT2D eigenvalue weighted by Crippen LogP contribution is 2.22. The third-order valence-electron chi connectivity index (χ3n) is 5.11. The van der Waals surface area contributed by atoms with Gasteiger partial charge in [-0.1, -0.05) is 40.9 Å². The second kappa shape index (κ2) is 10.5. The zero-order chi connectivity index (χ0) is 21.5. The lowest BCUT2D eigenvalue weighted by Gasteiger charge is -2.34. The number of rotatable bonds is 7. The van der Waals surface area contributed by atoms with Crippen LogP contribution in [0.3, 0.4) is 0 Å². The number of halogens is 1. The minimum atomic E-state index is -0.217. The van der Waals surface area contributed by atoms with Crippen molar-refractivity contribution in [3.63, 3.8) is 0 Å². The molecule has 1 aliphatic heterocycles. The van der Waals surface area contributed by atoms with Gasteiger partial charge in [0, 0.05) is 38.3 Å². The van der Waals surface area contributed by atoms with Crippen LogP contribution in [0.1, 0.15) is 21.5 Å². The lowest BCUT2D eigenvalue weighted by atomic mass is 10.1. The largest absolute Gasteiger partial charge is 0.491 e. The molecule has 2 aromatic carbocycles. The maximum Gasteiger partial charge on any atom is 0.251 e. The van der Waals surface area contributed by atoms with Crippen LogP contribution in [0.15, 0.2) is 42.5 Å². The smallest absolute Gasteiger partial charge is 0.251 e. The molecule has 160 valence electrons. The molecule has 7 heteroatoms. The molecule has 0 unspecified atom stereocenters. The van der Waals surface area contributed by atoms with Gasteiger partial charge in [0.25, 0.3) is 5.91 Å². The highest BCUT2D eigenvalue weighted by molar-refractivity contribution is 6.32. The Kier molecular flexibility index (Phi) is 7.71. The molecule has 1 saturated heterocycles. The van der Waals surface area contributed by atoms with E-state index in [1.807, 2.05) is 50.2 Å². The van der Waals surface area contributed by atoms with Crippen LogP contribution in [0.25, 0.3) is 0 Å². The summed E-state index contributed by atoms with van der Waals surface area (Å²) in [5.41, 5.74) is 2.64. The van der Waals surface area contributed by atoms with Crippen molar-refractivity contribution in [1.82, 2.24) is 15.1 Å². The molecule has 0 spiro atoms. The Morgan fingerprint density at radius 1 is 1.03 bits per heavy atom. The van der Waals surface area contributed by atoms with Gasteiger partial charge in [-0.3, -0.25) is 14.5 Å². The van der Waals surface area contributed by atoms with Crippen molar-refractivity contribution < 1.29 is 14.3 Å². The quantitative estimate of drug-likeness (QED) is 0.735. The van der Waals surface area contributed by atoms with Gasteiger partial charge in [-0.2, -0.15) is 0 Å². The molecule has 2 amide bonds. The molecule has 0 radical (unpaired) electrons. The Balaban J connectivity index is 1.37. The van der Waals surface area contributed by atoms with Crippen LogP contribution in [-0.2, 0) is 4.79 Å². The van der Waals surface area contributed by atoms with Crippen LogP contribution in [0.5, 0.6) is 5.75 Å². The number of carbonyl (C=O) groups excluding carboxylic acids is 2. The lowest BCUT2D eigenvalue weighted by Crippen LogP contribution is -2.51. The van der Waals surface area contributed by atoms with Gasteiger partial charge in [0.05, 0.1) is 11.6 Å². The van der Waals surface area contributed by atoms with E-state index in [2.05, 4.69) is 10.2 Å². The second-order valence-corrected chi connectivity index (χ2v) is 7.97. The molecule has 1 aliphatic rings. The van der Waals surface area contributed by atoms with Gasteiger partial charge in [0.1, 0.15) is 12.4 Å². The van der Waals surface area contributed by atoms with Crippen molar-refractivity contribution in [3.05, 3.63) is 64.2 Å². The van der Waals surface area contributed by atoms with Crippen molar-refractivity contribution in [3.8, 4) is 5.75 Å². The molecule has 0 aliphatic carbocycles. The molecule has 1 heterocycles. The number of amides is 2. The number of nitrogens with one attached hydrogen (secondary N) is 1. The summed E-state index contributed by atoms with van der Waals surface area (Å²) in [6, 6.07) is 13.1. The molecule has 0 saturated carbocycles. The van der Waals surface area contributed by atoms with E-state index in [0.717, 1.165) is 30.8 Å². The number of piperazine rings is 1. The standard InChI is InChI=1S/C23H28ClN3O3/c1-17-13-18(2)15-19(14-17)23(29)25-16-22(28)27-9-7-26(8-10-27)11-12-30-21-6-4-3-5-20(21)24/h3-6,13-15H,7-12,16H2,1-2H3,(H,25,29). The third kappa shape index (κ3) is 6.21. The molecule has 2 aromatic rings. The molecule has 1 fully saturated rings. The zero-order valence-electron chi connectivity index (χ0n) is 17.5. The zero-order valence-corrected chi connectivity index (χ0v) is 18.2. The summed E-state index contributed by atoms with van der Waals surface area (Å²) >= 11 is 6.09. The van der Waals surface area contributed by atoms with E-state index in [0.29, 0.717) is 36.0 Å². The monoisotopic (exact) mass is 429 g/mol. The number of ether oxygens (including phenoxy) is 1. The van der Waals surface area contributed by atoms with Gasteiger partial charge < -0.3 is 15.0 Å². The van der Waals surface area contributed by atoms with Crippen LogP contribution in [0.4, 0.5) is 0 Å². The summed E-state index contributed by atoms with van der Waals surface area (Å²) in [4.78, 5) is 28.9. The Hall–Kier alpha value is -2.57. The average Bonchev–Trinajstić information content (AvgIpc) is 2.73. The predicted molar refractivity (Wildman–Crippen MR) is 118 cm³/mol. The molecule has 3 rings (SSSR count). The molecule has 6 nitrogen and oxygen atoms in total. The first kappa shape index (κ1) is 22.1. The number of hydrogen-bond donors (Lipinski definition) is 1. The summed E-state index contributed by atoms with van der Waals surface area (Å²) < 4.78 is 5.74. The molecule has 0 atom stereocenters. The fourth-order valence-electron chi connectivity index (χ4n) is 3.54. The molecule has 0 aromatic heterocycles. The maximum atomic E-state index is 12.5. The molecule has 1 N–H and O–H groups in total. The number of hydrogen-bond acceptors (Lipinski definition) is 4. The van der Waals surface area contributed by atoms with E-state index in [-0.39, 0.29) is 18.4 Å². The number of nitrogens with zero attached hydrogens (tertiary/aromatic N) is 2. The van der Waals surface area contributed by atoms with Gasteiger partial charge >= 0.3 is 0 Å². The topological polar surface area (TPSA) is 61.9 Å². The SMILES string of the molecule is Cc1cc(C)cc(C(=O)NCC(=O)N2CCN(CCOc3ccccc3Cl)CC2)c1. The minimum Gasteiger partial charge on any atom is -0.491 e. The van der Waals surface area contributed by atoms with E-state index < -0.39 is 0 Å². The van der Waals surface area contributed by atoms with Gasteiger partial charge in [-0.15, -0.1) is 0 Å². The van der Waals surface area contributed by atoms with Crippen molar-refractivity contribution >= 4 is 23.4 Å². The average molecular weight is 430 g/mol. The first-order valence-corrected chi connectivity index (χ1v) is 10.5. The normalized spacial score (nSPS) is 14.4. The highest BCUT2D eigenvalue weighted by atomic mass is 35.5. The number of benzene rings is 2.